The van der Waals surface area contributed by atoms with E-state index in [1.807, 2.05) is 30.3 Å². The van der Waals surface area contributed by atoms with Crippen molar-refractivity contribution in [2.75, 3.05) is 0 Å². The van der Waals surface area contributed by atoms with Crippen LogP contribution >= 0.6 is 0 Å². The molecule has 0 aromatic heterocycles. The number of ether oxygens (including phenoxy) is 1. The minimum atomic E-state index is -1.34. The highest BCUT2D eigenvalue weighted by Crippen LogP contribution is 2.25. The minimum Gasteiger partial charge on any atom is -0.465 e. The molecule has 0 fully saturated rings. The van der Waals surface area contributed by atoms with Crippen LogP contribution in [0.2, 0.25) is 0 Å². The van der Waals surface area contributed by atoms with Gasteiger partial charge in [0.05, 0.1) is 0 Å². The monoisotopic (exact) mass is 299 g/mol. The maximum Gasteiger partial charge on any atom is 0.293 e. The summed E-state index contributed by atoms with van der Waals surface area (Å²) in [4.78, 5) is 10.3. The number of hydrogen-bond acceptors (Lipinski definition) is 3. The lowest BCUT2D eigenvalue weighted by atomic mass is 9.88. The van der Waals surface area contributed by atoms with Crippen LogP contribution < -0.4 is 0 Å². The van der Waals surface area contributed by atoms with Gasteiger partial charge in [-0.25, -0.2) is 0 Å². The Kier molecular flexibility index (Phi) is 8.32. The lowest BCUT2D eigenvalue weighted by molar-refractivity contribution is -0.131. The van der Waals surface area contributed by atoms with Crippen molar-refractivity contribution in [2.24, 2.45) is 0 Å². The van der Waals surface area contributed by atoms with E-state index in [0.29, 0.717) is 12.0 Å². The molecule has 1 N–H and O–H groups in total. The van der Waals surface area contributed by atoms with Crippen LogP contribution in [-0.4, -0.2) is 17.7 Å². The molecule has 0 amide bonds. The summed E-state index contributed by atoms with van der Waals surface area (Å²) in [5, 5.41) is 10.8. The van der Waals surface area contributed by atoms with E-state index < -0.39 is 5.60 Å². The van der Waals surface area contributed by atoms with Crippen LogP contribution in [0.4, 0.5) is 0 Å². The Hall–Kier alpha value is -1.79. The molecule has 3 radical (unpaired) electrons. The highest BCUT2D eigenvalue weighted by Gasteiger charge is 2.27. The van der Waals surface area contributed by atoms with Crippen LogP contribution in [-0.2, 0) is 15.1 Å². The lowest BCUT2D eigenvalue weighted by Gasteiger charge is -2.23. The van der Waals surface area contributed by atoms with Gasteiger partial charge in [0.2, 0.25) is 0 Å². The summed E-state index contributed by atoms with van der Waals surface area (Å²) in [6.45, 7) is 4.25. The Balaban J connectivity index is 2.73. The van der Waals surface area contributed by atoms with E-state index in [0.717, 1.165) is 19.3 Å². The van der Waals surface area contributed by atoms with Gasteiger partial charge in [0, 0.05) is 19.3 Å². The van der Waals surface area contributed by atoms with Crippen molar-refractivity contribution in [3.8, 4) is 11.8 Å². The van der Waals surface area contributed by atoms with E-state index in [1.165, 1.54) is 0 Å². The first-order valence-corrected chi connectivity index (χ1v) is 7.52. The van der Waals surface area contributed by atoms with E-state index in [-0.39, 0.29) is 6.10 Å². The smallest absolute Gasteiger partial charge is 0.293 e. The highest BCUT2D eigenvalue weighted by molar-refractivity contribution is 5.39. The van der Waals surface area contributed by atoms with Crippen LogP contribution in [0.15, 0.2) is 30.3 Å². The Morgan fingerprint density at radius 3 is 2.73 bits per heavy atom. The zero-order valence-electron chi connectivity index (χ0n) is 13.2. The Morgan fingerprint density at radius 2 is 2.09 bits per heavy atom. The third-order valence-electron chi connectivity index (χ3n) is 3.14. The number of rotatable bonds is 9. The summed E-state index contributed by atoms with van der Waals surface area (Å²) in [6.07, 6.45) is 7.48. The molecular weight excluding hydrogens is 276 g/mol. The first kappa shape index (κ1) is 18.3. The second kappa shape index (κ2) is 10.0. The Morgan fingerprint density at radius 1 is 1.36 bits per heavy atom. The third kappa shape index (κ3) is 6.32. The zero-order chi connectivity index (χ0) is 16.3. The quantitative estimate of drug-likeness (QED) is 0.432. The fourth-order valence-electron chi connectivity index (χ4n) is 1.85. The van der Waals surface area contributed by atoms with Gasteiger partial charge in [0.1, 0.15) is 6.10 Å². The SMILES string of the molecule is CCCCC#C[C@@](O)([CH][CH][CH][C@H](C)OC=O)c1ccccc1. The Labute approximate surface area is 133 Å². The van der Waals surface area contributed by atoms with Crippen LogP contribution in [0.1, 0.15) is 38.7 Å². The lowest BCUT2D eigenvalue weighted by Crippen LogP contribution is -2.25. The van der Waals surface area contributed by atoms with Gasteiger partial charge < -0.3 is 9.84 Å². The van der Waals surface area contributed by atoms with Crippen molar-refractivity contribution >= 4 is 6.47 Å². The Bertz CT molecular complexity index is 486. The van der Waals surface area contributed by atoms with Crippen molar-refractivity contribution in [3.63, 3.8) is 0 Å². The molecule has 2 atom stereocenters. The van der Waals surface area contributed by atoms with Crippen molar-refractivity contribution in [3.05, 3.63) is 55.2 Å². The number of benzene rings is 1. The molecule has 117 valence electrons. The molecule has 1 aromatic rings. The van der Waals surface area contributed by atoms with Gasteiger partial charge in [-0.05, 0) is 25.3 Å². The molecule has 0 aliphatic heterocycles. The van der Waals surface area contributed by atoms with E-state index in [9.17, 15) is 9.90 Å². The van der Waals surface area contributed by atoms with Gasteiger partial charge in [-0.2, -0.15) is 0 Å². The van der Waals surface area contributed by atoms with E-state index in [2.05, 4.69) is 18.8 Å². The second-order valence-corrected chi connectivity index (χ2v) is 5.03. The number of carbonyl (C=O) groups is 1. The molecule has 0 saturated carbocycles. The summed E-state index contributed by atoms with van der Waals surface area (Å²) >= 11 is 0. The fraction of sp³-hybridized carbons (Fsp3) is 0.368. The summed E-state index contributed by atoms with van der Waals surface area (Å²) in [5.74, 6) is 5.98. The molecule has 0 aliphatic carbocycles. The first-order chi connectivity index (χ1) is 10.6. The molecule has 0 aliphatic rings. The van der Waals surface area contributed by atoms with Crippen LogP contribution in [0.3, 0.4) is 0 Å². The normalized spacial score (nSPS) is 14.3. The molecule has 1 aromatic carbocycles. The molecule has 0 spiro atoms. The average Bonchev–Trinajstić information content (AvgIpc) is 2.53. The van der Waals surface area contributed by atoms with Crippen molar-refractivity contribution < 1.29 is 14.6 Å². The first-order valence-electron chi connectivity index (χ1n) is 7.52. The molecule has 0 bridgehead atoms. The summed E-state index contributed by atoms with van der Waals surface area (Å²) < 4.78 is 4.77. The second-order valence-electron chi connectivity index (χ2n) is 5.03. The maximum absolute atomic E-state index is 10.8. The summed E-state index contributed by atoms with van der Waals surface area (Å²) in [6, 6.07) is 9.30. The van der Waals surface area contributed by atoms with Crippen molar-refractivity contribution in [1.82, 2.24) is 0 Å². The predicted octanol–water partition coefficient (Wildman–Crippen LogP) is 3.24. The largest absolute Gasteiger partial charge is 0.465 e. The molecule has 22 heavy (non-hydrogen) atoms. The maximum atomic E-state index is 10.8. The number of unbranched alkanes of at least 4 members (excludes halogenated alkanes) is 2. The number of carbonyl (C=O) groups excluding carboxylic acids is 1. The van der Waals surface area contributed by atoms with Crippen molar-refractivity contribution in [1.29, 1.82) is 0 Å². The van der Waals surface area contributed by atoms with E-state index in [1.54, 1.807) is 26.2 Å². The standard InChI is InChI=1S/C19H23O3/c1-3-4-5-9-14-19(21,18-12-7-6-8-13-18)15-10-11-17(2)22-16-20/h6-8,10-13,15-17,21H,3-5H2,1-2H3/t17-,19+/m0/s1. The summed E-state index contributed by atoms with van der Waals surface area (Å²) in [5.41, 5.74) is -0.625. The van der Waals surface area contributed by atoms with Crippen molar-refractivity contribution in [2.45, 2.75) is 44.8 Å². The van der Waals surface area contributed by atoms with Gasteiger partial charge in [0.15, 0.2) is 5.60 Å². The molecule has 0 heterocycles. The van der Waals surface area contributed by atoms with Gasteiger partial charge >= 0.3 is 0 Å². The number of hydrogen-bond donors (Lipinski definition) is 1. The zero-order valence-corrected chi connectivity index (χ0v) is 13.2. The van der Waals surface area contributed by atoms with Crippen LogP contribution in [0.5, 0.6) is 0 Å². The summed E-state index contributed by atoms with van der Waals surface area (Å²) in [7, 11) is 0. The van der Waals surface area contributed by atoms with Gasteiger partial charge in [-0.15, -0.1) is 0 Å². The van der Waals surface area contributed by atoms with Crippen LogP contribution in [0.25, 0.3) is 0 Å². The van der Waals surface area contributed by atoms with E-state index in [4.69, 9.17) is 4.74 Å². The fourth-order valence-corrected chi connectivity index (χ4v) is 1.85. The molecule has 1 rings (SSSR count). The van der Waals surface area contributed by atoms with Gasteiger partial charge in [0.25, 0.3) is 6.47 Å². The average molecular weight is 299 g/mol. The minimum absolute atomic E-state index is 0.346. The predicted molar refractivity (Wildman–Crippen MR) is 87.2 cm³/mol. The molecule has 3 heteroatoms. The highest BCUT2D eigenvalue weighted by atomic mass is 16.5. The molecule has 3 nitrogen and oxygen atoms in total. The molecular formula is C19H23O3. The van der Waals surface area contributed by atoms with E-state index >= 15 is 0 Å². The molecule has 0 saturated heterocycles. The van der Waals surface area contributed by atoms with Crippen LogP contribution in [0, 0.1) is 31.1 Å². The van der Waals surface area contributed by atoms with Gasteiger partial charge in [-0.1, -0.05) is 55.5 Å². The van der Waals surface area contributed by atoms with Gasteiger partial charge in [-0.3, -0.25) is 4.79 Å². The topological polar surface area (TPSA) is 46.5 Å². The third-order valence-corrected chi connectivity index (χ3v) is 3.14. The molecule has 0 unspecified atom stereocenters. The number of aliphatic hydroxyl groups is 1.